The molecule has 0 saturated carbocycles. The molecule has 3 rings (SSSR count). The van der Waals surface area contributed by atoms with Crippen molar-refractivity contribution in [2.75, 3.05) is 31.7 Å². The molecule has 7 heteroatoms. The van der Waals surface area contributed by atoms with E-state index in [9.17, 15) is 9.59 Å². The largest absolute Gasteiger partial charge is 0.490 e. The Bertz CT molecular complexity index is 1050. The van der Waals surface area contributed by atoms with Crippen LogP contribution in [-0.2, 0) is 0 Å². The molecule has 0 unspecified atom stereocenters. The fraction of sp³-hybridized carbons (Fsp3) is 0.231. The summed E-state index contributed by atoms with van der Waals surface area (Å²) in [5.74, 6) is 1.35. The predicted molar refractivity (Wildman–Crippen MR) is 127 cm³/mol. The average Bonchev–Trinajstić information content (AvgIpc) is 2.84. The number of nitrogens with one attached hydrogen (secondary N) is 2. The Labute approximate surface area is 193 Å². The fourth-order valence-electron chi connectivity index (χ4n) is 3.04. The SMILES string of the molecule is CCNC(=O)c1ccc(NC(=O)c2ccc(OCCOc3ccccc3)c(OCC)c2)cc1. The van der Waals surface area contributed by atoms with Gasteiger partial charge in [0.25, 0.3) is 11.8 Å². The van der Waals surface area contributed by atoms with Gasteiger partial charge < -0.3 is 24.8 Å². The van der Waals surface area contributed by atoms with Crippen molar-refractivity contribution in [1.29, 1.82) is 0 Å². The van der Waals surface area contributed by atoms with Crippen molar-refractivity contribution in [1.82, 2.24) is 5.32 Å². The van der Waals surface area contributed by atoms with E-state index in [0.717, 1.165) is 5.75 Å². The third-order valence-electron chi connectivity index (χ3n) is 4.60. The number of benzene rings is 3. The highest BCUT2D eigenvalue weighted by atomic mass is 16.5. The van der Waals surface area contributed by atoms with Gasteiger partial charge in [-0.25, -0.2) is 0 Å². The second-order valence-electron chi connectivity index (χ2n) is 7.00. The van der Waals surface area contributed by atoms with Crippen molar-refractivity contribution in [3.05, 3.63) is 83.9 Å². The number of carbonyl (C=O) groups is 2. The maximum absolute atomic E-state index is 12.7. The summed E-state index contributed by atoms with van der Waals surface area (Å²) in [5.41, 5.74) is 1.55. The minimum absolute atomic E-state index is 0.151. The first-order valence-electron chi connectivity index (χ1n) is 10.9. The van der Waals surface area contributed by atoms with Crippen LogP contribution >= 0.6 is 0 Å². The summed E-state index contributed by atoms with van der Waals surface area (Å²) in [6, 6.07) is 21.3. The molecule has 0 spiro atoms. The molecule has 33 heavy (non-hydrogen) atoms. The molecule has 0 atom stereocenters. The van der Waals surface area contributed by atoms with E-state index in [1.54, 1.807) is 42.5 Å². The normalized spacial score (nSPS) is 10.2. The van der Waals surface area contributed by atoms with E-state index in [-0.39, 0.29) is 11.8 Å². The second-order valence-corrected chi connectivity index (χ2v) is 7.00. The lowest BCUT2D eigenvalue weighted by atomic mass is 10.1. The van der Waals surface area contributed by atoms with Crippen molar-refractivity contribution in [3.8, 4) is 17.2 Å². The molecule has 0 radical (unpaired) electrons. The van der Waals surface area contributed by atoms with Crippen molar-refractivity contribution in [3.63, 3.8) is 0 Å². The minimum atomic E-state index is -0.291. The molecule has 0 aromatic heterocycles. The summed E-state index contributed by atoms with van der Waals surface area (Å²) in [7, 11) is 0. The van der Waals surface area contributed by atoms with Gasteiger partial charge in [0.1, 0.15) is 19.0 Å². The van der Waals surface area contributed by atoms with Crippen LogP contribution in [0.25, 0.3) is 0 Å². The molecular formula is C26H28N2O5. The third-order valence-corrected chi connectivity index (χ3v) is 4.60. The van der Waals surface area contributed by atoms with Crippen LogP contribution in [0.1, 0.15) is 34.6 Å². The Hall–Kier alpha value is -4.00. The molecule has 0 aliphatic heterocycles. The fourth-order valence-corrected chi connectivity index (χ4v) is 3.04. The average molecular weight is 449 g/mol. The molecule has 0 saturated heterocycles. The number of hydrogen-bond donors (Lipinski definition) is 2. The second kappa shape index (κ2) is 12.1. The number of para-hydroxylation sites is 1. The Morgan fingerprint density at radius 1 is 0.727 bits per heavy atom. The molecule has 2 N–H and O–H groups in total. The van der Waals surface area contributed by atoms with E-state index in [0.29, 0.717) is 54.7 Å². The van der Waals surface area contributed by atoms with Gasteiger partial charge in [0, 0.05) is 23.4 Å². The zero-order valence-corrected chi connectivity index (χ0v) is 18.8. The topological polar surface area (TPSA) is 85.9 Å². The minimum Gasteiger partial charge on any atom is -0.490 e. The number of anilines is 1. The summed E-state index contributed by atoms with van der Waals surface area (Å²) >= 11 is 0. The van der Waals surface area contributed by atoms with E-state index in [4.69, 9.17) is 14.2 Å². The highest BCUT2D eigenvalue weighted by Gasteiger charge is 2.13. The Kier molecular flexibility index (Phi) is 8.71. The van der Waals surface area contributed by atoms with Gasteiger partial charge in [-0.15, -0.1) is 0 Å². The summed E-state index contributed by atoms with van der Waals surface area (Å²) in [6.45, 7) is 5.42. The van der Waals surface area contributed by atoms with E-state index in [1.807, 2.05) is 44.2 Å². The Morgan fingerprint density at radius 2 is 1.42 bits per heavy atom. The Balaban J connectivity index is 1.60. The molecule has 172 valence electrons. The van der Waals surface area contributed by atoms with E-state index in [2.05, 4.69) is 10.6 Å². The Morgan fingerprint density at radius 3 is 2.12 bits per heavy atom. The highest BCUT2D eigenvalue weighted by Crippen LogP contribution is 2.29. The molecule has 0 aliphatic rings. The molecule has 2 amide bonds. The zero-order valence-electron chi connectivity index (χ0n) is 18.8. The van der Waals surface area contributed by atoms with Crippen molar-refractivity contribution >= 4 is 17.5 Å². The predicted octanol–water partition coefficient (Wildman–Crippen LogP) is 4.55. The third kappa shape index (κ3) is 7.00. The lowest BCUT2D eigenvalue weighted by Crippen LogP contribution is -2.22. The first-order valence-corrected chi connectivity index (χ1v) is 10.9. The first-order chi connectivity index (χ1) is 16.1. The highest BCUT2D eigenvalue weighted by molar-refractivity contribution is 6.05. The lowest BCUT2D eigenvalue weighted by molar-refractivity contribution is 0.0955. The summed E-state index contributed by atoms with van der Waals surface area (Å²) in [6.07, 6.45) is 0. The van der Waals surface area contributed by atoms with Crippen LogP contribution in [0.3, 0.4) is 0 Å². The molecular weight excluding hydrogens is 420 g/mol. The summed E-state index contributed by atoms with van der Waals surface area (Å²) in [4.78, 5) is 24.6. The molecule has 0 bridgehead atoms. The van der Waals surface area contributed by atoms with Crippen LogP contribution in [0.4, 0.5) is 5.69 Å². The summed E-state index contributed by atoms with van der Waals surface area (Å²) in [5, 5.41) is 5.57. The van der Waals surface area contributed by atoms with E-state index in [1.165, 1.54) is 0 Å². The molecule has 7 nitrogen and oxygen atoms in total. The van der Waals surface area contributed by atoms with E-state index < -0.39 is 0 Å². The van der Waals surface area contributed by atoms with Crippen LogP contribution in [0.15, 0.2) is 72.8 Å². The van der Waals surface area contributed by atoms with Crippen LogP contribution in [0.2, 0.25) is 0 Å². The quantitative estimate of drug-likeness (QED) is 0.421. The number of rotatable bonds is 11. The lowest BCUT2D eigenvalue weighted by Gasteiger charge is -2.14. The first kappa shape index (κ1) is 23.7. The number of amides is 2. The summed E-state index contributed by atoms with van der Waals surface area (Å²) < 4.78 is 17.1. The molecule has 3 aromatic rings. The van der Waals surface area contributed by atoms with Crippen LogP contribution in [0.5, 0.6) is 17.2 Å². The number of hydrogen-bond acceptors (Lipinski definition) is 5. The zero-order chi connectivity index (χ0) is 23.5. The van der Waals surface area contributed by atoms with Crippen molar-refractivity contribution < 1.29 is 23.8 Å². The van der Waals surface area contributed by atoms with Gasteiger partial charge in [-0.1, -0.05) is 18.2 Å². The van der Waals surface area contributed by atoms with Crippen LogP contribution in [-0.4, -0.2) is 38.2 Å². The molecule has 0 aliphatic carbocycles. The van der Waals surface area contributed by atoms with Crippen LogP contribution in [0, 0.1) is 0 Å². The van der Waals surface area contributed by atoms with Gasteiger partial charge in [0.2, 0.25) is 0 Å². The van der Waals surface area contributed by atoms with Gasteiger partial charge >= 0.3 is 0 Å². The van der Waals surface area contributed by atoms with Gasteiger partial charge in [0.15, 0.2) is 11.5 Å². The molecule has 0 fully saturated rings. The van der Waals surface area contributed by atoms with Crippen molar-refractivity contribution in [2.45, 2.75) is 13.8 Å². The maximum Gasteiger partial charge on any atom is 0.255 e. The molecule has 0 heterocycles. The van der Waals surface area contributed by atoms with Gasteiger partial charge in [-0.3, -0.25) is 9.59 Å². The standard InChI is InChI=1S/C26H28N2O5/c1-3-27-25(29)19-10-13-21(14-11-19)28-26(30)20-12-15-23(24(18-20)31-4-2)33-17-16-32-22-8-6-5-7-9-22/h5-15,18H,3-4,16-17H2,1-2H3,(H,27,29)(H,28,30). The van der Waals surface area contributed by atoms with Gasteiger partial charge in [-0.05, 0) is 68.4 Å². The van der Waals surface area contributed by atoms with Gasteiger partial charge in [-0.2, -0.15) is 0 Å². The van der Waals surface area contributed by atoms with Gasteiger partial charge in [0.05, 0.1) is 6.61 Å². The maximum atomic E-state index is 12.7. The van der Waals surface area contributed by atoms with Crippen LogP contribution < -0.4 is 24.8 Å². The number of ether oxygens (including phenoxy) is 3. The molecule has 3 aromatic carbocycles. The smallest absolute Gasteiger partial charge is 0.255 e. The number of carbonyl (C=O) groups excluding carboxylic acids is 2. The van der Waals surface area contributed by atoms with Crippen molar-refractivity contribution in [2.24, 2.45) is 0 Å². The monoisotopic (exact) mass is 448 g/mol. The van der Waals surface area contributed by atoms with E-state index >= 15 is 0 Å².